The number of hydrogen-bond donors (Lipinski definition) is 1. The molecule has 1 unspecified atom stereocenters. The third kappa shape index (κ3) is 4.12. The van der Waals surface area contributed by atoms with Crippen molar-refractivity contribution in [2.24, 2.45) is 0 Å². The first kappa shape index (κ1) is 15.2. The molecule has 0 bridgehead atoms. The van der Waals surface area contributed by atoms with Crippen LogP contribution in [0, 0.1) is 0 Å². The number of ether oxygens (including phenoxy) is 2. The maximum Gasteiger partial charge on any atom is 0.407 e. The molecule has 1 atom stereocenters. The number of nitrogens with one attached hydrogen (secondary N) is 1. The molecule has 4 nitrogen and oxygen atoms in total. The summed E-state index contributed by atoms with van der Waals surface area (Å²) in [6.45, 7) is 0. The molecule has 18 heavy (non-hydrogen) atoms. The molecule has 0 fully saturated rings. The van der Waals surface area contributed by atoms with E-state index in [9.17, 15) is 4.79 Å². The molecule has 0 radical (unpaired) electrons. The monoisotopic (exact) mass is 311 g/mol. The Kier molecular flexibility index (Phi) is 5.38. The van der Waals surface area contributed by atoms with Crippen molar-refractivity contribution in [3.05, 3.63) is 29.8 Å². The predicted molar refractivity (Wildman–Crippen MR) is 71.6 cm³/mol. The molecule has 0 aromatic heterocycles. The molecule has 1 rings (SSSR count). The van der Waals surface area contributed by atoms with Gasteiger partial charge in [0, 0.05) is 0 Å². The van der Waals surface area contributed by atoms with Crippen molar-refractivity contribution in [2.45, 2.75) is 9.83 Å². The standard InChI is InChI=1S/C11H12Cl3NO3/c1-17-8-5-3-7(4-6-8)9(11(12,13)14)15-10(16)18-2/h3-6,9H,1-2H3,(H,15,16). The van der Waals surface area contributed by atoms with Crippen molar-refractivity contribution in [2.75, 3.05) is 14.2 Å². The number of rotatable bonds is 3. The van der Waals surface area contributed by atoms with Gasteiger partial charge in [-0.1, -0.05) is 46.9 Å². The van der Waals surface area contributed by atoms with E-state index in [2.05, 4.69) is 10.1 Å². The Morgan fingerprint density at radius 2 is 1.78 bits per heavy atom. The molecular weight excluding hydrogens is 300 g/mol. The van der Waals surface area contributed by atoms with Gasteiger partial charge in [0.05, 0.1) is 14.2 Å². The van der Waals surface area contributed by atoms with Crippen LogP contribution in [0.3, 0.4) is 0 Å². The molecule has 0 aliphatic heterocycles. The van der Waals surface area contributed by atoms with Gasteiger partial charge < -0.3 is 14.8 Å². The molecular formula is C11H12Cl3NO3. The van der Waals surface area contributed by atoms with Gasteiger partial charge in [0.1, 0.15) is 11.8 Å². The molecule has 0 saturated heterocycles. The zero-order valence-electron chi connectivity index (χ0n) is 9.75. The zero-order valence-corrected chi connectivity index (χ0v) is 12.0. The highest BCUT2D eigenvalue weighted by Crippen LogP contribution is 2.40. The molecule has 7 heteroatoms. The topological polar surface area (TPSA) is 47.6 Å². The summed E-state index contributed by atoms with van der Waals surface area (Å²) in [7, 11) is 2.78. The Morgan fingerprint density at radius 3 is 2.17 bits per heavy atom. The van der Waals surface area contributed by atoms with Crippen molar-refractivity contribution >= 4 is 40.9 Å². The lowest BCUT2D eigenvalue weighted by Gasteiger charge is -2.25. The van der Waals surface area contributed by atoms with E-state index in [0.29, 0.717) is 11.3 Å². The van der Waals surface area contributed by atoms with Crippen LogP contribution in [0.2, 0.25) is 0 Å². The fourth-order valence-electron chi connectivity index (χ4n) is 1.33. The van der Waals surface area contributed by atoms with Crippen LogP contribution in [-0.2, 0) is 4.74 Å². The van der Waals surface area contributed by atoms with Crippen LogP contribution in [0.15, 0.2) is 24.3 Å². The highest BCUT2D eigenvalue weighted by molar-refractivity contribution is 6.68. The lowest BCUT2D eigenvalue weighted by Crippen LogP contribution is -2.36. The summed E-state index contributed by atoms with van der Waals surface area (Å²) >= 11 is 17.5. The molecule has 1 aromatic carbocycles. The Labute approximate surface area is 120 Å². The second kappa shape index (κ2) is 6.36. The number of carbonyl (C=O) groups excluding carboxylic acids is 1. The van der Waals surface area contributed by atoms with Crippen molar-refractivity contribution in [1.29, 1.82) is 0 Å². The number of hydrogen-bond acceptors (Lipinski definition) is 3. The number of benzene rings is 1. The van der Waals surface area contributed by atoms with E-state index in [1.807, 2.05) is 0 Å². The third-order valence-corrected chi connectivity index (χ3v) is 2.88. The molecule has 0 heterocycles. The first-order valence-corrected chi connectivity index (χ1v) is 6.07. The van der Waals surface area contributed by atoms with Gasteiger partial charge in [-0.05, 0) is 17.7 Å². The molecule has 1 amide bonds. The molecule has 1 N–H and O–H groups in total. The van der Waals surface area contributed by atoms with Crippen LogP contribution in [-0.4, -0.2) is 24.1 Å². The van der Waals surface area contributed by atoms with Gasteiger partial charge in [0.2, 0.25) is 3.79 Å². The lowest BCUT2D eigenvalue weighted by molar-refractivity contribution is 0.166. The van der Waals surface area contributed by atoms with Gasteiger partial charge >= 0.3 is 6.09 Å². The molecule has 0 aliphatic rings. The molecule has 0 spiro atoms. The van der Waals surface area contributed by atoms with Crippen LogP contribution >= 0.6 is 34.8 Å². The Bertz CT molecular complexity index is 403. The fourth-order valence-corrected chi connectivity index (χ4v) is 1.87. The highest BCUT2D eigenvalue weighted by Gasteiger charge is 2.35. The van der Waals surface area contributed by atoms with E-state index in [0.717, 1.165) is 0 Å². The fraction of sp³-hybridized carbons (Fsp3) is 0.364. The van der Waals surface area contributed by atoms with Crippen LogP contribution in [0.4, 0.5) is 4.79 Å². The lowest BCUT2D eigenvalue weighted by atomic mass is 10.1. The number of halogens is 3. The molecule has 1 aromatic rings. The molecule has 0 aliphatic carbocycles. The second-order valence-electron chi connectivity index (χ2n) is 3.38. The first-order chi connectivity index (χ1) is 8.38. The van der Waals surface area contributed by atoms with Crippen LogP contribution in [0.5, 0.6) is 5.75 Å². The highest BCUT2D eigenvalue weighted by atomic mass is 35.6. The van der Waals surface area contributed by atoms with Crippen molar-refractivity contribution in [1.82, 2.24) is 5.32 Å². The average molecular weight is 313 g/mol. The Morgan fingerprint density at radius 1 is 1.22 bits per heavy atom. The summed E-state index contributed by atoms with van der Waals surface area (Å²) in [6.07, 6.45) is -0.679. The minimum atomic E-state index is -1.69. The minimum absolute atomic E-state index is 0.626. The van der Waals surface area contributed by atoms with Gasteiger partial charge in [-0.2, -0.15) is 0 Å². The van der Waals surface area contributed by atoms with Crippen molar-refractivity contribution < 1.29 is 14.3 Å². The van der Waals surface area contributed by atoms with Crippen molar-refractivity contribution in [3.8, 4) is 5.75 Å². The van der Waals surface area contributed by atoms with E-state index in [-0.39, 0.29) is 0 Å². The summed E-state index contributed by atoms with van der Waals surface area (Å²) in [5, 5.41) is 2.46. The van der Waals surface area contributed by atoms with Crippen LogP contribution < -0.4 is 10.1 Å². The third-order valence-electron chi connectivity index (χ3n) is 2.22. The minimum Gasteiger partial charge on any atom is -0.497 e. The Hall–Kier alpha value is -0.840. The van der Waals surface area contributed by atoms with Gasteiger partial charge in [-0.15, -0.1) is 0 Å². The smallest absolute Gasteiger partial charge is 0.407 e. The second-order valence-corrected chi connectivity index (χ2v) is 5.75. The number of alkyl halides is 3. The Balaban J connectivity index is 2.98. The van der Waals surface area contributed by atoms with E-state index >= 15 is 0 Å². The number of alkyl carbamates (subject to hydrolysis) is 1. The summed E-state index contributed by atoms with van der Waals surface area (Å²) in [5.74, 6) is 0.667. The maximum absolute atomic E-state index is 11.2. The van der Waals surface area contributed by atoms with Crippen molar-refractivity contribution in [3.63, 3.8) is 0 Å². The summed E-state index contributed by atoms with van der Waals surface area (Å²) in [4.78, 5) is 11.2. The summed E-state index contributed by atoms with van der Waals surface area (Å²) in [6, 6.07) is 5.98. The van der Waals surface area contributed by atoms with E-state index in [1.165, 1.54) is 7.11 Å². The SMILES string of the molecule is COC(=O)NC(c1ccc(OC)cc1)C(Cl)(Cl)Cl. The zero-order chi connectivity index (χ0) is 13.8. The van der Waals surface area contributed by atoms with Crippen LogP contribution in [0.1, 0.15) is 11.6 Å². The maximum atomic E-state index is 11.2. The summed E-state index contributed by atoms with van der Waals surface area (Å²) in [5.41, 5.74) is 0.626. The van der Waals surface area contributed by atoms with E-state index < -0.39 is 15.9 Å². The van der Waals surface area contributed by atoms with Gasteiger partial charge in [0.25, 0.3) is 0 Å². The number of amides is 1. The average Bonchev–Trinajstić information content (AvgIpc) is 2.34. The van der Waals surface area contributed by atoms with E-state index in [4.69, 9.17) is 39.5 Å². The van der Waals surface area contributed by atoms with Gasteiger partial charge in [-0.25, -0.2) is 4.79 Å². The quantitative estimate of drug-likeness (QED) is 0.870. The normalized spacial score (nSPS) is 12.7. The van der Waals surface area contributed by atoms with Gasteiger partial charge in [0.15, 0.2) is 0 Å². The van der Waals surface area contributed by atoms with E-state index in [1.54, 1.807) is 31.4 Å². The number of methoxy groups -OCH3 is 2. The summed E-state index contributed by atoms with van der Waals surface area (Å²) < 4.78 is 7.83. The largest absolute Gasteiger partial charge is 0.497 e. The first-order valence-electron chi connectivity index (χ1n) is 4.93. The molecule has 100 valence electrons. The predicted octanol–water partition coefficient (Wildman–Crippen LogP) is 3.46. The molecule has 0 saturated carbocycles. The van der Waals surface area contributed by atoms with Crippen LogP contribution in [0.25, 0.3) is 0 Å². The number of carbonyl (C=O) groups is 1. The van der Waals surface area contributed by atoms with Gasteiger partial charge in [-0.3, -0.25) is 0 Å².